The van der Waals surface area contributed by atoms with E-state index in [1.165, 1.54) is 0 Å². The number of halogens is 1. The van der Waals surface area contributed by atoms with Crippen LogP contribution in [0.25, 0.3) is 23.3 Å². The molecule has 0 N–H and O–H groups in total. The molecular weight excluding hydrogens is 325 g/mol. The number of hydrogen-bond donors (Lipinski definition) is 0. The molecule has 2 nitrogen and oxygen atoms in total. The molecule has 1 aliphatic rings. The normalized spacial score (nSPS) is 12.8. The number of anilines is 1. The van der Waals surface area contributed by atoms with Gasteiger partial charge in [0.2, 0.25) is 5.91 Å². The monoisotopic (exact) mass is 343 g/mol. The van der Waals surface area contributed by atoms with Gasteiger partial charge in [0.05, 0.1) is 12.2 Å². The minimum Gasteiger partial charge on any atom is -0.308 e. The van der Waals surface area contributed by atoms with Gasteiger partial charge in [-0.1, -0.05) is 60.7 Å². The Kier molecular flexibility index (Phi) is 4.13. The summed E-state index contributed by atoms with van der Waals surface area (Å²) in [7, 11) is 0. The molecule has 3 aromatic carbocycles. The molecule has 0 atom stereocenters. The van der Waals surface area contributed by atoms with E-state index in [2.05, 4.69) is 0 Å². The molecule has 4 rings (SSSR count). The predicted molar refractivity (Wildman–Crippen MR) is 104 cm³/mol. The summed E-state index contributed by atoms with van der Waals surface area (Å²) >= 11 is 0. The third kappa shape index (κ3) is 2.92. The molecular formula is C23H18FNO. The maximum Gasteiger partial charge on any atom is 0.224 e. The average Bonchev–Trinajstić information content (AvgIpc) is 2.64. The number of rotatable bonds is 1. The van der Waals surface area contributed by atoms with E-state index in [0.717, 1.165) is 27.9 Å². The van der Waals surface area contributed by atoms with Crippen LogP contribution in [-0.4, -0.2) is 5.91 Å². The highest BCUT2D eigenvalue weighted by Crippen LogP contribution is 2.32. The third-order valence-electron chi connectivity index (χ3n) is 4.69. The lowest BCUT2D eigenvalue weighted by Crippen LogP contribution is -2.29. The molecule has 0 bridgehead atoms. The van der Waals surface area contributed by atoms with Crippen LogP contribution in [0.4, 0.5) is 10.1 Å². The van der Waals surface area contributed by atoms with Crippen molar-refractivity contribution in [1.29, 1.82) is 0 Å². The summed E-state index contributed by atoms with van der Waals surface area (Å²) in [6.45, 7) is 1.97. The third-order valence-corrected chi connectivity index (χ3v) is 4.69. The van der Waals surface area contributed by atoms with Crippen LogP contribution in [0.2, 0.25) is 0 Å². The van der Waals surface area contributed by atoms with Gasteiger partial charge < -0.3 is 4.90 Å². The van der Waals surface area contributed by atoms with Crippen LogP contribution in [0.3, 0.4) is 0 Å². The fraction of sp³-hybridized carbons (Fsp3) is 0.0870. The maximum absolute atomic E-state index is 14.7. The second-order valence-corrected chi connectivity index (χ2v) is 6.39. The summed E-state index contributed by atoms with van der Waals surface area (Å²) in [5, 5.41) is 0. The Hall–Kier alpha value is -3.20. The topological polar surface area (TPSA) is 20.3 Å². The Balaban J connectivity index is 1.89. The number of carbonyl (C=O) groups is 1. The van der Waals surface area contributed by atoms with Gasteiger partial charge in [-0.05, 0) is 40.5 Å². The molecule has 0 fully saturated rings. The average molecular weight is 343 g/mol. The van der Waals surface area contributed by atoms with Crippen molar-refractivity contribution in [3.05, 3.63) is 89.2 Å². The van der Waals surface area contributed by atoms with Gasteiger partial charge in [-0.15, -0.1) is 0 Å². The summed E-state index contributed by atoms with van der Waals surface area (Å²) in [6.07, 6.45) is 3.86. The van der Waals surface area contributed by atoms with Crippen LogP contribution in [0.15, 0.2) is 66.7 Å². The predicted octanol–water partition coefficient (Wildman–Crippen LogP) is 5.53. The Labute approximate surface area is 152 Å². The van der Waals surface area contributed by atoms with Crippen LogP contribution in [0.1, 0.15) is 23.6 Å². The highest BCUT2D eigenvalue weighted by molar-refractivity contribution is 5.95. The largest absolute Gasteiger partial charge is 0.308 e. The van der Waals surface area contributed by atoms with Gasteiger partial charge >= 0.3 is 0 Å². The zero-order chi connectivity index (χ0) is 18.1. The number of para-hydroxylation sites is 1. The van der Waals surface area contributed by atoms with Crippen molar-refractivity contribution in [3.63, 3.8) is 0 Å². The number of benzene rings is 3. The number of carbonyl (C=O) groups excluding carboxylic acids is 1. The second-order valence-electron chi connectivity index (χ2n) is 6.39. The molecule has 3 aromatic rings. The number of fused-ring (bicyclic) bond motifs is 2. The molecule has 0 saturated carbocycles. The highest BCUT2D eigenvalue weighted by Gasteiger charge is 2.19. The molecule has 0 radical (unpaired) electrons. The number of nitrogens with zero attached hydrogens (tertiary/aromatic N) is 1. The van der Waals surface area contributed by atoms with Gasteiger partial charge in [0.25, 0.3) is 0 Å². The van der Waals surface area contributed by atoms with E-state index >= 15 is 0 Å². The van der Waals surface area contributed by atoms with Crippen LogP contribution < -0.4 is 4.90 Å². The molecule has 1 heterocycles. The lowest BCUT2D eigenvalue weighted by atomic mass is 9.95. The fourth-order valence-corrected chi connectivity index (χ4v) is 3.35. The molecule has 0 saturated heterocycles. The highest BCUT2D eigenvalue weighted by atomic mass is 19.1. The van der Waals surface area contributed by atoms with Gasteiger partial charge in [0, 0.05) is 12.5 Å². The molecule has 1 aliphatic heterocycles. The molecule has 0 aliphatic carbocycles. The van der Waals surface area contributed by atoms with Crippen LogP contribution >= 0.6 is 0 Å². The van der Waals surface area contributed by atoms with Crippen molar-refractivity contribution in [2.75, 3.05) is 4.90 Å². The van der Waals surface area contributed by atoms with Crippen LogP contribution in [0, 0.1) is 5.82 Å². The standard InChI is InChI=1S/C23H18FNO/c1-16(26)25-15-20-13-21(17-7-3-2-4-8-17)22(24)14-19(20)12-11-18-9-5-6-10-23(18)25/h2-14H,15H2,1H3. The Bertz CT molecular complexity index is 1010. The first-order valence-electron chi connectivity index (χ1n) is 8.56. The van der Waals surface area contributed by atoms with Crippen molar-refractivity contribution >= 4 is 23.7 Å². The fourth-order valence-electron chi connectivity index (χ4n) is 3.35. The van der Waals surface area contributed by atoms with E-state index in [0.29, 0.717) is 12.1 Å². The molecule has 3 heteroatoms. The maximum atomic E-state index is 14.7. The van der Waals surface area contributed by atoms with Gasteiger partial charge in [-0.2, -0.15) is 0 Å². The molecule has 0 unspecified atom stereocenters. The first kappa shape index (κ1) is 16.3. The van der Waals surface area contributed by atoms with E-state index < -0.39 is 0 Å². The summed E-state index contributed by atoms with van der Waals surface area (Å²) in [6, 6.07) is 20.6. The minimum atomic E-state index is -0.261. The summed E-state index contributed by atoms with van der Waals surface area (Å²) in [5.41, 5.74) is 4.91. The summed E-state index contributed by atoms with van der Waals surface area (Å²) in [4.78, 5) is 14.0. The quantitative estimate of drug-likeness (QED) is 0.569. The van der Waals surface area contributed by atoms with Crippen LogP contribution in [0.5, 0.6) is 0 Å². The van der Waals surface area contributed by atoms with E-state index in [-0.39, 0.29) is 11.7 Å². The lowest BCUT2D eigenvalue weighted by Gasteiger charge is -2.26. The van der Waals surface area contributed by atoms with Gasteiger partial charge in [0.15, 0.2) is 0 Å². The zero-order valence-corrected chi connectivity index (χ0v) is 14.4. The first-order valence-corrected chi connectivity index (χ1v) is 8.56. The summed E-state index contributed by atoms with van der Waals surface area (Å²) < 4.78 is 14.7. The van der Waals surface area contributed by atoms with Crippen molar-refractivity contribution in [2.45, 2.75) is 13.5 Å². The molecule has 128 valence electrons. The Morgan fingerprint density at radius 3 is 2.38 bits per heavy atom. The lowest BCUT2D eigenvalue weighted by molar-refractivity contribution is -0.116. The molecule has 26 heavy (non-hydrogen) atoms. The van der Waals surface area contributed by atoms with Crippen LogP contribution in [-0.2, 0) is 11.3 Å². The number of hydrogen-bond acceptors (Lipinski definition) is 1. The first-order chi connectivity index (χ1) is 12.6. The van der Waals surface area contributed by atoms with E-state index in [9.17, 15) is 9.18 Å². The van der Waals surface area contributed by atoms with E-state index in [1.807, 2.05) is 72.8 Å². The Morgan fingerprint density at radius 1 is 0.923 bits per heavy atom. The van der Waals surface area contributed by atoms with Gasteiger partial charge in [0.1, 0.15) is 5.82 Å². The molecule has 0 spiro atoms. The van der Waals surface area contributed by atoms with Crippen molar-refractivity contribution < 1.29 is 9.18 Å². The molecule has 1 amide bonds. The Morgan fingerprint density at radius 2 is 1.62 bits per heavy atom. The van der Waals surface area contributed by atoms with E-state index in [1.54, 1.807) is 17.9 Å². The van der Waals surface area contributed by atoms with Crippen molar-refractivity contribution in [3.8, 4) is 11.1 Å². The van der Waals surface area contributed by atoms with Gasteiger partial charge in [-0.25, -0.2) is 4.39 Å². The SMILES string of the molecule is CC(=O)N1Cc2cc(-c3ccccc3)c(F)cc2C=Cc2ccccc21. The molecule has 0 aromatic heterocycles. The minimum absolute atomic E-state index is 0.0377. The van der Waals surface area contributed by atoms with Gasteiger partial charge in [-0.3, -0.25) is 4.79 Å². The number of amides is 1. The van der Waals surface area contributed by atoms with Crippen molar-refractivity contribution in [1.82, 2.24) is 0 Å². The van der Waals surface area contributed by atoms with E-state index in [4.69, 9.17) is 0 Å². The smallest absolute Gasteiger partial charge is 0.224 e. The second kappa shape index (κ2) is 6.60. The van der Waals surface area contributed by atoms with Crippen molar-refractivity contribution in [2.24, 2.45) is 0 Å². The zero-order valence-electron chi connectivity index (χ0n) is 14.4. The summed E-state index contributed by atoms with van der Waals surface area (Å²) in [5.74, 6) is -0.299.